The second-order valence-corrected chi connectivity index (χ2v) is 28.5. The minimum atomic E-state index is -4.95. The quantitative estimate of drug-likeness (QED) is 0.0222. The molecule has 0 saturated carbocycles. The third-order valence-corrected chi connectivity index (χ3v) is 17.3. The molecule has 0 saturated heterocycles. The fourth-order valence-electron chi connectivity index (χ4n) is 10.0. The largest absolute Gasteiger partial charge is 0.472 e. The van der Waals surface area contributed by atoms with Crippen molar-refractivity contribution in [2.75, 3.05) is 39.6 Å². The van der Waals surface area contributed by atoms with Gasteiger partial charge in [0.15, 0.2) is 12.2 Å². The van der Waals surface area contributed by atoms with Crippen LogP contribution in [0.15, 0.2) is 0 Å². The maximum atomic E-state index is 13.0. The summed E-state index contributed by atoms with van der Waals surface area (Å²) < 4.78 is 68.1. The molecule has 0 aromatic rings. The molecule has 0 aromatic heterocycles. The lowest BCUT2D eigenvalue weighted by Gasteiger charge is -2.21. The van der Waals surface area contributed by atoms with Crippen LogP contribution in [-0.2, 0) is 65.4 Å². The Morgan fingerprint density at radius 2 is 0.535 bits per heavy atom. The zero-order valence-corrected chi connectivity index (χ0v) is 57.6. The van der Waals surface area contributed by atoms with Crippen LogP contribution in [0, 0.1) is 17.8 Å². The van der Waals surface area contributed by atoms with Crippen molar-refractivity contribution < 1.29 is 80.2 Å². The van der Waals surface area contributed by atoms with Crippen LogP contribution in [0.25, 0.3) is 0 Å². The zero-order valence-electron chi connectivity index (χ0n) is 55.8. The van der Waals surface area contributed by atoms with Gasteiger partial charge in [-0.25, -0.2) is 9.13 Å². The minimum Gasteiger partial charge on any atom is -0.462 e. The number of carbonyl (C=O) groups is 4. The van der Waals surface area contributed by atoms with Crippen LogP contribution in [0.3, 0.4) is 0 Å². The van der Waals surface area contributed by atoms with E-state index in [1.807, 2.05) is 0 Å². The van der Waals surface area contributed by atoms with Crippen molar-refractivity contribution in [1.29, 1.82) is 0 Å². The van der Waals surface area contributed by atoms with Crippen LogP contribution in [0.2, 0.25) is 0 Å². The molecule has 0 heterocycles. The normalized spacial score (nSPS) is 14.3. The molecular formula is C67H130O17P2. The van der Waals surface area contributed by atoms with Crippen molar-refractivity contribution in [3.05, 3.63) is 0 Å². The van der Waals surface area contributed by atoms with Crippen LogP contribution in [0.4, 0.5) is 0 Å². The third kappa shape index (κ3) is 60.9. The molecule has 0 fully saturated rings. The van der Waals surface area contributed by atoms with Crippen molar-refractivity contribution >= 4 is 39.5 Å². The molecule has 2 unspecified atom stereocenters. The molecule has 0 spiro atoms. The molecule has 0 aliphatic rings. The van der Waals surface area contributed by atoms with Gasteiger partial charge in [-0.1, -0.05) is 280 Å². The van der Waals surface area contributed by atoms with E-state index in [9.17, 15) is 43.2 Å². The standard InChI is InChI=1S/C67H130O17P2/c1-8-9-10-11-12-13-14-15-16-17-18-21-27-36-43-50-66(71)83-62(54-77-64(69)48-41-34-26-22-19-20-24-31-38-45-58(2)3)56-81-85(73,74)79-52-61(68)53-80-86(75,76)82-57-63(55-78-65(70)49-42-35-30-29-33-40-47-60(6)7)84-67(72)51-44-37-28-23-25-32-39-46-59(4)5/h58-63,68H,8-57H2,1-7H3,(H,73,74)(H,75,76)/t61-,62-,63-/m1/s1. The minimum absolute atomic E-state index is 0.102. The SMILES string of the molecule is CCCCCCCCCCCCCCCCCC(=O)O[C@H](COC(=O)CCCCCCCCCCCC(C)C)COP(=O)(O)OC[C@@H](O)COP(=O)(O)OC[C@@H](COC(=O)CCCCCCCCC(C)C)OC(=O)CCCCCCCCCC(C)C. The molecule has 17 nitrogen and oxygen atoms in total. The summed E-state index contributed by atoms with van der Waals surface area (Å²) >= 11 is 0. The lowest BCUT2D eigenvalue weighted by atomic mass is 10.0. The molecule has 5 atom stereocenters. The van der Waals surface area contributed by atoms with Crippen molar-refractivity contribution in [3.63, 3.8) is 0 Å². The molecule has 0 radical (unpaired) electrons. The van der Waals surface area contributed by atoms with Gasteiger partial charge in [0.2, 0.25) is 0 Å². The number of aliphatic hydroxyl groups excluding tert-OH is 1. The molecule has 86 heavy (non-hydrogen) atoms. The van der Waals surface area contributed by atoms with Crippen LogP contribution in [0.5, 0.6) is 0 Å². The third-order valence-electron chi connectivity index (χ3n) is 15.4. The van der Waals surface area contributed by atoms with Crippen molar-refractivity contribution in [3.8, 4) is 0 Å². The van der Waals surface area contributed by atoms with Crippen molar-refractivity contribution in [2.45, 2.75) is 349 Å². The van der Waals surface area contributed by atoms with Gasteiger partial charge in [-0.2, -0.15) is 0 Å². The number of rotatable bonds is 65. The lowest BCUT2D eigenvalue weighted by Crippen LogP contribution is -2.30. The number of aliphatic hydroxyl groups is 1. The fraction of sp³-hybridized carbons (Fsp3) is 0.940. The topological polar surface area (TPSA) is 237 Å². The zero-order chi connectivity index (χ0) is 63.8. The maximum absolute atomic E-state index is 13.0. The lowest BCUT2D eigenvalue weighted by molar-refractivity contribution is -0.161. The van der Waals surface area contributed by atoms with E-state index in [-0.39, 0.29) is 25.7 Å². The average Bonchev–Trinajstić information content (AvgIpc) is 3.68. The van der Waals surface area contributed by atoms with Gasteiger partial charge in [0.1, 0.15) is 19.3 Å². The van der Waals surface area contributed by atoms with Gasteiger partial charge in [-0.15, -0.1) is 0 Å². The van der Waals surface area contributed by atoms with Gasteiger partial charge >= 0.3 is 39.5 Å². The first-order valence-electron chi connectivity index (χ1n) is 34.8. The second kappa shape index (κ2) is 58.2. The Morgan fingerprint density at radius 1 is 0.314 bits per heavy atom. The van der Waals surface area contributed by atoms with Crippen LogP contribution in [0.1, 0.15) is 331 Å². The Labute approximate surface area is 524 Å². The van der Waals surface area contributed by atoms with E-state index in [0.717, 1.165) is 102 Å². The number of esters is 4. The highest BCUT2D eigenvalue weighted by Gasteiger charge is 2.30. The van der Waals surface area contributed by atoms with Crippen molar-refractivity contribution in [1.82, 2.24) is 0 Å². The van der Waals surface area contributed by atoms with Crippen LogP contribution >= 0.6 is 15.6 Å². The summed E-state index contributed by atoms with van der Waals surface area (Å²) in [5.41, 5.74) is 0. The van der Waals surface area contributed by atoms with E-state index in [2.05, 4.69) is 48.5 Å². The molecule has 0 aliphatic heterocycles. The summed E-state index contributed by atoms with van der Waals surface area (Å²) in [5, 5.41) is 10.6. The van der Waals surface area contributed by atoms with E-state index in [1.165, 1.54) is 135 Å². The summed E-state index contributed by atoms with van der Waals surface area (Å²) in [5.74, 6) is -0.0151. The first-order chi connectivity index (χ1) is 41.2. The predicted molar refractivity (Wildman–Crippen MR) is 344 cm³/mol. The Hall–Kier alpha value is -1.94. The van der Waals surface area contributed by atoms with E-state index in [4.69, 9.17) is 37.0 Å². The van der Waals surface area contributed by atoms with Gasteiger partial charge in [0.05, 0.1) is 26.4 Å². The molecule has 19 heteroatoms. The van der Waals surface area contributed by atoms with Gasteiger partial charge in [-0.3, -0.25) is 37.3 Å². The van der Waals surface area contributed by atoms with Gasteiger partial charge in [0, 0.05) is 25.7 Å². The number of carbonyl (C=O) groups excluding carboxylic acids is 4. The number of hydrogen-bond acceptors (Lipinski definition) is 15. The number of hydrogen-bond donors (Lipinski definition) is 3. The Morgan fingerprint density at radius 3 is 0.791 bits per heavy atom. The van der Waals surface area contributed by atoms with E-state index in [1.54, 1.807) is 0 Å². The van der Waals surface area contributed by atoms with Gasteiger partial charge < -0.3 is 33.8 Å². The molecule has 0 rings (SSSR count). The summed E-state index contributed by atoms with van der Waals surface area (Å²) in [6.45, 7) is 11.7. The number of unbranched alkanes of at least 4 members (excludes halogenated alkanes) is 33. The summed E-state index contributed by atoms with van der Waals surface area (Å²) in [6, 6.07) is 0. The first kappa shape index (κ1) is 84.1. The maximum Gasteiger partial charge on any atom is 0.472 e. The molecule has 510 valence electrons. The van der Waals surface area contributed by atoms with Crippen molar-refractivity contribution in [2.24, 2.45) is 17.8 Å². The molecule has 0 aromatic carbocycles. The number of phosphoric acid groups is 2. The highest BCUT2D eigenvalue weighted by atomic mass is 31.2. The highest BCUT2D eigenvalue weighted by Crippen LogP contribution is 2.45. The fourth-order valence-corrected chi connectivity index (χ4v) is 11.6. The van der Waals surface area contributed by atoms with E-state index < -0.39 is 97.5 Å². The predicted octanol–water partition coefficient (Wildman–Crippen LogP) is 18.7. The molecule has 0 aliphatic carbocycles. The molecule has 0 bridgehead atoms. The molecular weight excluding hydrogens is 1140 g/mol. The van der Waals surface area contributed by atoms with E-state index >= 15 is 0 Å². The first-order valence-corrected chi connectivity index (χ1v) is 37.8. The van der Waals surface area contributed by atoms with Crippen LogP contribution < -0.4 is 0 Å². The van der Waals surface area contributed by atoms with Gasteiger partial charge in [0.25, 0.3) is 0 Å². The highest BCUT2D eigenvalue weighted by molar-refractivity contribution is 7.47. The van der Waals surface area contributed by atoms with Crippen LogP contribution in [-0.4, -0.2) is 96.7 Å². The Bertz CT molecular complexity index is 1700. The Balaban J connectivity index is 5.24. The van der Waals surface area contributed by atoms with Gasteiger partial charge in [-0.05, 0) is 43.4 Å². The Kier molecular flexibility index (Phi) is 56.9. The number of ether oxygens (including phenoxy) is 4. The summed E-state index contributed by atoms with van der Waals surface area (Å²) in [6.07, 6.45) is 40.6. The smallest absolute Gasteiger partial charge is 0.462 e. The molecule has 0 amide bonds. The summed E-state index contributed by atoms with van der Waals surface area (Å²) in [4.78, 5) is 72.3. The second-order valence-electron chi connectivity index (χ2n) is 25.6. The summed E-state index contributed by atoms with van der Waals surface area (Å²) in [7, 11) is -9.89. The number of phosphoric ester groups is 2. The average molecular weight is 1270 g/mol. The van der Waals surface area contributed by atoms with E-state index in [0.29, 0.717) is 37.5 Å². The molecule has 3 N–H and O–H groups in total. The monoisotopic (exact) mass is 1270 g/mol.